The van der Waals surface area contributed by atoms with Gasteiger partial charge in [0.05, 0.1) is 0 Å². The van der Waals surface area contributed by atoms with Crippen molar-refractivity contribution in [2.24, 2.45) is 0 Å². The van der Waals surface area contributed by atoms with E-state index in [-0.39, 0.29) is 12.2 Å². The summed E-state index contributed by atoms with van der Waals surface area (Å²) in [5, 5.41) is 19.8. The predicted molar refractivity (Wildman–Crippen MR) is 79.9 cm³/mol. The number of rotatable bonds is 7. The average molecular weight is 335 g/mol. The third-order valence-corrected chi connectivity index (χ3v) is 3.21. The molecule has 0 saturated carbocycles. The Morgan fingerprint density at radius 3 is 2.33 bits per heavy atom. The molecule has 0 aliphatic carbocycles. The minimum Gasteiger partial charge on any atom is -0.481 e. The van der Waals surface area contributed by atoms with Gasteiger partial charge in [0.2, 0.25) is 0 Å². The number of nitrogens with one attached hydrogen (secondary N) is 1. The van der Waals surface area contributed by atoms with E-state index in [2.05, 4.69) is 5.32 Å². The van der Waals surface area contributed by atoms with Gasteiger partial charge in [-0.25, -0.2) is 9.18 Å². The maximum Gasteiger partial charge on any atom is 0.326 e. The van der Waals surface area contributed by atoms with Crippen molar-refractivity contribution in [1.82, 2.24) is 5.32 Å². The molecule has 3 N–H and O–H groups in total. The number of furan rings is 1. The lowest BCUT2D eigenvalue weighted by atomic mass is 10.1. The third kappa shape index (κ3) is 4.42. The van der Waals surface area contributed by atoms with Crippen LogP contribution in [0.4, 0.5) is 4.39 Å². The van der Waals surface area contributed by atoms with Gasteiger partial charge in [-0.15, -0.1) is 0 Å². The Morgan fingerprint density at radius 1 is 1.08 bits per heavy atom. The minimum atomic E-state index is -1.34. The lowest BCUT2D eigenvalue weighted by molar-refractivity contribution is -0.140. The molecular formula is C16H14FNO6. The summed E-state index contributed by atoms with van der Waals surface area (Å²) in [7, 11) is 0. The molecule has 0 aliphatic heterocycles. The summed E-state index contributed by atoms with van der Waals surface area (Å²) in [6, 6.07) is 6.94. The first-order valence-corrected chi connectivity index (χ1v) is 6.98. The zero-order valence-electron chi connectivity index (χ0n) is 12.4. The molecule has 0 bridgehead atoms. The molecule has 8 heteroatoms. The van der Waals surface area contributed by atoms with Crippen molar-refractivity contribution in [3.8, 4) is 11.3 Å². The smallest absolute Gasteiger partial charge is 0.326 e. The maximum absolute atomic E-state index is 12.9. The second kappa shape index (κ2) is 7.40. The highest BCUT2D eigenvalue weighted by molar-refractivity contribution is 5.94. The van der Waals surface area contributed by atoms with Crippen LogP contribution >= 0.6 is 0 Å². The van der Waals surface area contributed by atoms with E-state index in [9.17, 15) is 18.8 Å². The van der Waals surface area contributed by atoms with Gasteiger partial charge in [-0.3, -0.25) is 9.59 Å². The van der Waals surface area contributed by atoms with Crippen molar-refractivity contribution < 1.29 is 33.4 Å². The first-order valence-electron chi connectivity index (χ1n) is 6.98. The van der Waals surface area contributed by atoms with Gasteiger partial charge in [0.25, 0.3) is 5.91 Å². The van der Waals surface area contributed by atoms with Crippen molar-refractivity contribution in [3.05, 3.63) is 48.0 Å². The molecule has 0 saturated heterocycles. The molecule has 1 heterocycles. The van der Waals surface area contributed by atoms with E-state index in [0.29, 0.717) is 11.3 Å². The summed E-state index contributed by atoms with van der Waals surface area (Å²) in [5.41, 5.74) is 0.552. The lowest BCUT2D eigenvalue weighted by Gasteiger charge is -2.12. The normalized spacial score (nSPS) is 11.7. The first-order chi connectivity index (χ1) is 11.4. The Bertz CT molecular complexity index is 752. The van der Waals surface area contributed by atoms with E-state index < -0.39 is 36.1 Å². The van der Waals surface area contributed by atoms with Gasteiger partial charge in [0.1, 0.15) is 17.6 Å². The Hall–Kier alpha value is -3.16. The van der Waals surface area contributed by atoms with Crippen molar-refractivity contribution in [2.75, 3.05) is 0 Å². The number of benzene rings is 1. The van der Waals surface area contributed by atoms with Gasteiger partial charge in [0.15, 0.2) is 5.76 Å². The summed E-state index contributed by atoms with van der Waals surface area (Å²) in [6.07, 6.45) is -0.641. The Labute approximate surface area is 135 Å². The summed E-state index contributed by atoms with van der Waals surface area (Å²) >= 11 is 0. The fraction of sp³-hybridized carbons (Fsp3) is 0.188. The molecule has 1 aromatic heterocycles. The lowest BCUT2D eigenvalue weighted by Crippen LogP contribution is -2.41. The van der Waals surface area contributed by atoms with Crippen LogP contribution in [0.2, 0.25) is 0 Å². The zero-order valence-corrected chi connectivity index (χ0v) is 12.4. The fourth-order valence-electron chi connectivity index (χ4n) is 1.98. The third-order valence-electron chi connectivity index (χ3n) is 3.21. The Morgan fingerprint density at radius 2 is 1.75 bits per heavy atom. The second-order valence-corrected chi connectivity index (χ2v) is 4.97. The summed E-state index contributed by atoms with van der Waals surface area (Å²) in [5.74, 6) is -3.50. The number of carbonyl (C=O) groups excluding carboxylic acids is 1. The molecule has 2 aromatic rings. The molecule has 0 radical (unpaired) electrons. The molecule has 126 valence electrons. The highest BCUT2D eigenvalue weighted by Crippen LogP contribution is 2.22. The van der Waals surface area contributed by atoms with Gasteiger partial charge >= 0.3 is 11.9 Å². The molecule has 1 atom stereocenters. The van der Waals surface area contributed by atoms with E-state index in [0.717, 1.165) is 0 Å². The number of hydrogen-bond donors (Lipinski definition) is 3. The van der Waals surface area contributed by atoms with E-state index >= 15 is 0 Å². The molecule has 0 aliphatic rings. The van der Waals surface area contributed by atoms with Crippen LogP contribution in [0.3, 0.4) is 0 Å². The molecule has 0 spiro atoms. The van der Waals surface area contributed by atoms with E-state index in [1.165, 1.54) is 36.4 Å². The van der Waals surface area contributed by atoms with Crippen LogP contribution in [0.25, 0.3) is 11.3 Å². The van der Waals surface area contributed by atoms with E-state index in [1.54, 1.807) is 0 Å². The number of amides is 1. The average Bonchev–Trinajstić information content (AvgIpc) is 3.01. The number of carboxylic acid groups (broad SMARTS) is 2. The molecule has 0 fully saturated rings. The second-order valence-electron chi connectivity index (χ2n) is 4.97. The number of aliphatic carboxylic acids is 2. The monoisotopic (exact) mass is 335 g/mol. The number of carbonyl (C=O) groups is 3. The molecule has 1 amide bonds. The number of halogens is 1. The largest absolute Gasteiger partial charge is 0.481 e. The summed E-state index contributed by atoms with van der Waals surface area (Å²) in [6.45, 7) is 0. The van der Waals surface area contributed by atoms with Crippen LogP contribution in [-0.2, 0) is 9.59 Å². The number of carboxylic acids is 2. The number of hydrogen-bond acceptors (Lipinski definition) is 4. The van der Waals surface area contributed by atoms with Crippen LogP contribution in [0, 0.1) is 5.82 Å². The molecule has 7 nitrogen and oxygen atoms in total. The van der Waals surface area contributed by atoms with Gasteiger partial charge in [-0.05, 0) is 42.8 Å². The van der Waals surface area contributed by atoms with Gasteiger partial charge in [0, 0.05) is 12.0 Å². The molecule has 24 heavy (non-hydrogen) atoms. The Balaban J connectivity index is 2.08. The van der Waals surface area contributed by atoms with Gasteiger partial charge in [-0.1, -0.05) is 0 Å². The topological polar surface area (TPSA) is 117 Å². The van der Waals surface area contributed by atoms with Crippen molar-refractivity contribution in [3.63, 3.8) is 0 Å². The predicted octanol–water partition coefficient (Wildman–Crippen LogP) is 2.13. The molecule has 1 unspecified atom stereocenters. The standard InChI is InChI=1S/C16H14FNO6/c17-10-3-1-9(2-4-10)12-6-7-13(24-12)15(21)18-11(16(22)23)5-8-14(19)20/h1-4,6-7,11H,5,8H2,(H,18,21)(H,19,20)(H,22,23). The molecule has 2 rings (SSSR count). The van der Waals surface area contributed by atoms with Crippen LogP contribution in [-0.4, -0.2) is 34.1 Å². The highest BCUT2D eigenvalue weighted by Gasteiger charge is 2.23. The van der Waals surface area contributed by atoms with Crippen LogP contribution < -0.4 is 5.32 Å². The molecule has 1 aromatic carbocycles. The van der Waals surface area contributed by atoms with Gasteiger partial charge < -0.3 is 19.9 Å². The van der Waals surface area contributed by atoms with E-state index in [1.807, 2.05) is 0 Å². The zero-order chi connectivity index (χ0) is 17.7. The summed E-state index contributed by atoms with van der Waals surface area (Å²) in [4.78, 5) is 33.6. The Kier molecular flexibility index (Phi) is 5.31. The van der Waals surface area contributed by atoms with Gasteiger partial charge in [-0.2, -0.15) is 0 Å². The highest BCUT2D eigenvalue weighted by atomic mass is 19.1. The van der Waals surface area contributed by atoms with Crippen LogP contribution in [0.1, 0.15) is 23.4 Å². The summed E-state index contributed by atoms with van der Waals surface area (Å²) < 4.78 is 18.2. The van der Waals surface area contributed by atoms with Crippen LogP contribution in [0.5, 0.6) is 0 Å². The minimum absolute atomic E-state index is 0.129. The maximum atomic E-state index is 12.9. The van der Waals surface area contributed by atoms with Crippen LogP contribution in [0.15, 0.2) is 40.8 Å². The molecular weight excluding hydrogens is 321 g/mol. The fourth-order valence-corrected chi connectivity index (χ4v) is 1.98. The van der Waals surface area contributed by atoms with E-state index in [4.69, 9.17) is 14.6 Å². The van der Waals surface area contributed by atoms with Crippen molar-refractivity contribution in [1.29, 1.82) is 0 Å². The first kappa shape index (κ1) is 17.2. The van der Waals surface area contributed by atoms with Crippen molar-refractivity contribution >= 4 is 17.8 Å². The van der Waals surface area contributed by atoms with Crippen molar-refractivity contribution in [2.45, 2.75) is 18.9 Å². The SMILES string of the molecule is O=C(O)CCC(NC(=O)c1ccc(-c2ccc(F)cc2)o1)C(=O)O. The quantitative estimate of drug-likeness (QED) is 0.713.